The first kappa shape index (κ1) is 16.6. The predicted octanol–water partition coefficient (Wildman–Crippen LogP) is 3.90. The largest absolute Gasteiger partial charge is 0.340 e. The second-order valence-corrected chi connectivity index (χ2v) is 6.92. The number of hydrogen-bond donors (Lipinski definition) is 0. The molecular formula is C15H14Cl3N3O2. The number of rotatable bonds is 3. The van der Waals surface area contributed by atoms with Crippen molar-refractivity contribution in [2.45, 2.75) is 23.6 Å². The van der Waals surface area contributed by atoms with Gasteiger partial charge in [-0.1, -0.05) is 52.1 Å². The lowest BCUT2D eigenvalue weighted by molar-refractivity contribution is -0.130. The van der Waals surface area contributed by atoms with Gasteiger partial charge in [-0.05, 0) is 25.0 Å². The fourth-order valence-corrected chi connectivity index (χ4v) is 3.13. The molecule has 1 fully saturated rings. The molecule has 1 aromatic carbocycles. The van der Waals surface area contributed by atoms with Gasteiger partial charge in [-0.15, -0.1) is 0 Å². The van der Waals surface area contributed by atoms with Gasteiger partial charge in [0, 0.05) is 23.7 Å². The minimum atomic E-state index is -1.04. The molecule has 0 spiro atoms. The van der Waals surface area contributed by atoms with Gasteiger partial charge in [0.25, 0.3) is 5.91 Å². The van der Waals surface area contributed by atoms with Crippen molar-refractivity contribution >= 4 is 40.7 Å². The molecule has 0 unspecified atom stereocenters. The second kappa shape index (κ2) is 7.07. The van der Waals surface area contributed by atoms with Crippen LogP contribution in [-0.2, 0) is 4.79 Å². The molecule has 23 heavy (non-hydrogen) atoms. The fourth-order valence-electron chi connectivity index (χ4n) is 2.66. The Kier molecular flexibility index (Phi) is 5.09. The number of hydrogen-bond acceptors (Lipinski definition) is 4. The SMILES string of the molecule is O=C(C(Cl)Cl)N1CCC[C@@H](c2nc(-c3cccc(Cl)c3)no2)C1. The molecule has 0 aliphatic carbocycles. The Balaban J connectivity index is 1.76. The van der Waals surface area contributed by atoms with Crippen molar-refractivity contribution in [1.29, 1.82) is 0 Å². The van der Waals surface area contributed by atoms with E-state index in [1.54, 1.807) is 17.0 Å². The summed E-state index contributed by atoms with van der Waals surface area (Å²) < 4.78 is 5.38. The number of carbonyl (C=O) groups is 1. The van der Waals surface area contributed by atoms with Gasteiger partial charge in [0.2, 0.25) is 11.7 Å². The van der Waals surface area contributed by atoms with Crippen molar-refractivity contribution in [2.75, 3.05) is 13.1 Å². The van der Waals surface area contributed by atoms with Gasteiger partial charge in [-0.3, -0.25) is 4.79 Å². The molecule has 0 N–H and O–H groups in total. The van der Waals surface area contributed by atoms with E-state index in [1.165, 1.54) is 0 Å². The standard InChI is InChI=1S/C15H14Cl3N3O2/c16-11-5-1-3-9(7-11)13-19-14(23-20-13)10-4-2-6-21(8-10)15(22)12(17)18/h1,3,5,7,10,12H,2,4,6,8H2/t10-/m1/s1. The van der Waals surface area contributed by atoms with Crippen LogP contribution in [0.2, 0.25) is 5.02 Å². The highest BCUT2D eigenvalue weighted by Crippen LogP contribution is 2.29. The summed E-state index contributed by atoms with van der Waals surface area (Å²) in [5, 5.41) is 4.62. The zero-order valence-corrected chi connectivity index (χ0v) is 14.4. The van der Waals surface area contributed by atoms with E-state index in [9.17, 15) is 4.79 Å². The zero-order chi connectivity index (χ0) is 16.4. The normalized spacial score (nSPS) is 18.4. The van der Waals surface area contributed by atoms with E-state index >= 15 is 0 Å². The number of alkyl halides is 2. The van der Waals surface area contributed by atoms with E-state index in [-0.39, 0.29) is 11.8 Å². The molecule has 1 aromatic heterocycles. The third kappa shape index (κ3) is 3.79. The fraction of sp³-hybridized carbons (Fsp3) is 0.400. The highest BCUT2D eigenvalue weighted by atomic mass is 35.5. The van der Waals surface area contributed by atoms with Gasteiger partial charge < -0.3 is 9.42 Å². The molecule has 0 bridgehead atoms. The highest BCUT2D eigenvalue weighted by molar-refractivity contribution is 6.53. The van der Waals surface area contributed by atoms with Crippen LogP contribution in [-0.4, -0.2) is 38.9 Å². The number of benzene rings is 1. The lowest BCUT2D eigenvalue weighted by Crippen LogP contribution is -2.41. The van der Waals surface area contributed by atoms with Gasteiger partial charge in [-0.2, -0.15) is 4.98 Å². The van der Waals surface area contributed by atoms with Crippen LogP contribution in [0.1, 0.15) is 24.7 Å². The number of nitrogens with zero attached hydrogens (tertiary/aromatic N) is 3. The van der Waals surface area contributed by atoms with Gasteiger partial charge >= 0.3 is 0 Å². The number of likely N-dealkylation sites (tertiary alicyclic amines) is 1. The summed E-state index contributed by atoms with van der Waals surface area (Å²) in [6, 6.07) is 7.25. The van der Waals surface area contributed by atoms with Crippen molar-refractivity contribution in [3.8, 4) is 11.4 Å². The summed E-state index contributed by atoms with van der Waals surface area (Å²) in [5.41, 5.74) is 0.790. The van der Waals surface area contributed by atoms with Crippen LogP contribution >= 0.6 is 34.8 Å². The number of amides is 1. The Morgan fingerprint density at radius 2 is 2.22 bits per heavy atom. The average Bonchev–Trinajstić information content (AvgIpc) is 3.04. The van der Waals surface area contributed by atoms with E-state index in [1.807, 2.05) is 12.1 Å². The van der Waals surface area contributed by atoms with E-state index in [0.717, 1.165) is 18.4 Å². The summed E-state index contributed by atoms with van der Waals surface area (Å²) >= 11 is 17.3. The average molecular weight is 375 g/mol. The highest BCUT2D eigenvalue weighted by Gasteiger charge is 2.30. The van der Waals surface area contributed by atoms with Gasteiger partial charge in [0.1, 0.15) is 0 Å². The third-order valence-corrected chi connectivity index (χ3v) is 4.40. The Labute approximate surface area is 148 Å². The van der Waals surface area contributed by atoms with Crippen LogP contribution in [0.4, 0.5) is 0 Å². The number of aromatic nitrogens is 2. The van der Waals surface area contributed by atoms with Crippen molar-refractivity contribution in [2.24, 2.45) is 0 Å². The Morgan fingerprint density at radius 1 is 1.39 bits per heavy atom. The van der Waals surface area contributed by atoms with Crippen LogP contribution in [0.5, 0.6) is 0 Å². The minimum absolute atomic E-state index is 0.0137. The molecule has 1 aliphatic rings. The maximum absolute atomic E-state index is 11.9. The predicted molar refractivity (Wildman–Crippen MR) is 88.8 cm³/mol. The summed E-state index contributed by atoms with van der Waals surface area (Å²) in [7, 11) is 0. The molecule has 8 heteroatoms. The van der Waals surface area contributed by atoms with Crippen LogP contribution in [0, 0.1) is 0 Å². The number of piperidine rings is 1. The Morgan fingerprint density at radius 3 is 2.96 bits per heavy atom. The van der Waals surface area contributed by atoms with Crippen molar-refractivity contribution in [1.82, 2.24) is 15.0 Å². The second-order valence-electron chi connectivity index (χ2n) is 5.39. The molecule has 0 saturated carbocycles. The monoisotopic (exact) mass is 373 g/mol. The first-order valence-electron chi connectivity index (χ1n) is 7.21. The summed E-state index contributed by atoms with van der Waals surface area (Å²) in [6.07, 6.45) is 1.71. The Hall–Kier alpha value is -1.30. The van der Waals surface area contributed by atoms with Gasteiger partial charge in [0.05, 0.1) is 5.92 Å². The molecule has 2 aromatic rings. The third-order valence-electron chi connectivity index (χ3n) is 3.79. The molecule has 1 amide bonds. The first-order valence-corrected chi connectivity index (χ1v) is 8.46. The molecule has 1 saturated heterocycles. The molecule has 1 atom stereocenters. The molecule has 3 rings (SSSR count). The zero-order valence-electron chi connectivity index (χ0n) is 12.1. The van der Waals surface area contributed by atoms with Crippen LogP contribution in [0.25, 0.3) is 11.4 Å². The Bertz CT molecular complexity index is 705. The van der Waals surface area contributed by atoms with Crippen LogP contribution in [0.3, 0.4) is 0 Å². The summed E-state index contributed by atoms with van der Waals surface area (Å²) in [5.74, 6) is 0.699. The maximum atomic E-state index is 11.9. The van der Waals surface area contributed by atoms with Gasteiger partial charge in [-0.25, -0.2) is 0 Å². The van der Waals surface area contributed by atoms with E-state index < -0.39 is 4.84 Å². The topological polar surface area (TPSA) is 59.2 Å². The minimum Gasteiger partial charge on any atom is -0.340 e. The molecule has 5 nitrogen and oxygen atoms in total. The van der Waals surface area contributed by atoms with Crippen molar-refractivity contribution in [3.05, 3.63) is 35.2 Å². The maximum Gasteiger partial charge on any atom is 0.255 e. The smallest absolute Gasteiger partial charge is 0.255 e. The molecule has 122 valence electrons. The molecular weight excluding hydrogens is 361 g/mol. The van der Waals surface area contributed by atoms with Gasteiger partial charge in [0.15, 0.2) is 4.84 Å². The quantitative estimate of drug-likeness (QED) is 0.765. The molecule has 0 radical (unpaired) electrons. The van der Waals surface area contributed by atoms with Crippen LogP contribution in [0.15, 0.2) is 28.8 Å². The van der Waals surface area contributed by atoms with Crippen LogP contribution < -0.4 is 0 Å². The summed E-state index contributed by atoms with van der Waals surface area (Å²) in [6.45, 7) is 1.12. The summed E-state index contributed by atoms with van der Waals surface area (Å²) in [4.78, 5) is 17.0. The number of carbonyl (C=O) groups excluding carboxylic acids is 1. The lowest BCUT2D eigenvalue weighted by atomic mass is 9.98. The van der Waals surface area contributed by atoms with E-state index in [4.69, 9.17) is 39.3 Å². The molecule has 2 heterocycles. The first-order chi connectivity index (χ1) is 11.0. The van der Waals surface area contributed by atoms with Crippen molar-refractivity contribution in [3.63, 3.8) is 0 Å². The van der Waals surface area contributed by atoms with Crippen molar-refractivity contribution < 1.29 is 9.32 Å². The lowest BCUT2D eigenvalue weighted by Gasteiger charge is -2.31. The van der Waals surface area contributed by atoms with E-state index in [2.05, 4.69) is 10.1 Å². The molecule has 1 aliphatic heterocycles. The van der Waals surface area contributed by atoms with E-state index in [0.29, 0.717) is 29.8 Å². The number of halogens is 3.